The first-order chi connectivity index (χ1) is 15.2. The van der Waals surface area contributed by atoms with Crippen molar-refractivity contribution in [2.45, 2.75) is 77.7 Å². The van der Waals surface area contributed by atoms with Crippen LogP contribution in [0.5, 0.6) is 0 Å². The maximum absolute atomic E-state index is 12.8. The fourth-order valence-electron chi connectivity index (χ4n) is 2.76. The smallest absolute Gasteiger partial charge is 0.326 e. The van der Waals surface area contributed by atoms with E-state index in [1.165, 1.54) is 6.92 Å². The van der Waals surface area contributed by atoms with Crippen LogP contribution >= 0.6 is 0 Å². The molecule has 0 rings (SSSR count). The van der Waals surface area contributed by atoms with Gasteiger partial charge in [0.15, 0.2) is 5.96 Å². The summed E-state index contributed by atoms with van der Waals surface area (Å²) < 4.78 is 0. The molecule has 190 valence electrons. The first-order valence-corrected chi connectivity index (χ1v) is 10.8. The minimum atomic E-state index is -1.38. The number of aliphatic imine (C=N–C) groups is 1. The van der Waals surface area contributed by atoms with E-state index in [9.17, 15) is 29.4 Å². The van der Waals surface area contributed by atoms with Gasteiger partial charge in [-0.05, 0) is 31.6 Å². The van der Waals surface area contributed by atoms with E-state index in [-0.39, 0.29) is 24.8 Å². The topological polar surface area (TPSA) is 235 Å². The SMILES string of the molecule is CC(C)C(N)C(=O)NC(C(=O)NC(CCCN=C(N)N)C(=O)NC(C(=O)O)C(C)C)C(C)O. The zero-order valence-electron chi connectivity index (χ0n) is 19.9. The lowest BCUT2D eigenvalue weighted by molar-refractivity contribution is -0.143. The third kappa shape index (κ3) is 11.0. The molecule has 5 atom stereocenters. The van der Waals surface area contributed by atoms with Gasteiger partial charge in [-0.2, -0.15) is 0 Å². The van der Waals surface area contributed by atoms with Gasteiger partial charge in [-0.15, -0.1) is 0 Å². The van der Waals surface area contributed by atoms with Crippen LogP contribution in [0, 0.1) is 11.8 Å². The minimum Gasteiger partial charge on any atom is -0.480 e. The summed E-state index contributed by atoms with van der Waals surface area (Å²) in [7, 11) is 0. The molecule has 0 saturated carbocycles. The number of hydrogen-bond donors (Lipinski definition) is 8. The average molecular weight is 474 g/mol. The Kier molecular flexibility index (Phi) is 13.0. The zero-order valence-corrected chi connectivity index (χ0v) is 19.9. The van der Waals surface area contributed by atoms with Gasteiger partial charge in [0, 0.05) is 6.54 Å². The Morgan fingerprint density at radius 3 is 1.82 bits per heavy atom. The van der Waals surface area contributed by atoms with Gasteiger partial charge >= 0.3 is 5.97 Å². The molecule has 33 heavy (non-hydrogen) atoms. The molecule has 13 heteroatoms. The predicted molar refractivity (Wildman–Crippen MR) is 123 cm³/mol. The zero-order chi connectivity index (χ0) is 25.9. The second-order valence-electron chi connectivity index (χ2n) is 8.58. The highest BCUT2D eigenvalue weighted by Crippen LogP contribution is 2.07. The van der Waals surface area contributed by atoms with Gasteiger partial charge < -0.3 is 43.4 Å². The number of amides is 3. The van der Waals surface area contributed by atoms with Crippen molar-refractivity contribution in [3.05, 3.63) is 0 Å². The molecule has 0 aromatic rings. The monoisotopic (exact) mass is 473 g/mol. The van der Waals surface area contributed by atoms with Crippen LogP contribution in [0.3, 0.4) is 0 Å². The quantitative estimate of drug-likeness (QED) is 0.0761. The van der Waals surface area contributed by atoms with Crippen LogP contribution in [0.15, 0.2) is 4.99 Å². The number of nitrogens with two attached hydrogens (primary N) is 3. The molecular formula is C20H39N7O6. The van der Waals surface area contributed by atoms with Crippen molar-refractivity contribution in [3.63, 3.8) is 0 Å². The summed E-state index contributed by atoms with van der Waals surface area (Å²) in [5.74, 6) is -4.17. The van der Waals surface area contributed by atoms with E-state index in [2.05, 4.69) is 20.9 Å². The maximum atomic E-state index is 12.8. The van der Waals surface area contributed by atoms with Crippen molar-refractivity contribution < 1.29 is 29.4 Å². The molecule has 0 aliphatic rings. The van der Waals surface area contributed by atoms with Gasteiger partial charge in [0.1, 0.15) is 18.1 Å². The molecule has 0 aromatic heterocycles. The highest BCUT2D eigenvalue weighted by Gasteiger charge is 2.33. The number of aliphatic hydroxyl groups is 1. The van der Waals surface area contributed by atoms with Crippen LogP contribution in [-0.2, 0) is 19.2 Å². The van der Waals surface area contributed by atoms with Crippen LogP contribution in [0.25, 0.3) is 0 Å². The number of aliphatic hydroxyl groups excluding tert-OH is 1. The number of carboxylic acid groups (broad SMARTS) is 1. The van der Waals surface area contributed by atoms with Crippen LogP contribution in [0.1, 0.15) is 47.5 Å². The highest BCUT2D eigenvalue weighted by molar-refractivity contribution is 5.94. The summed E-state index contributed by atoms with van der Waals surface area (Å²) in [4.78, 5) is 53.2. The average Bonchev–Trinajstić information content (AvgIpc) is 2.69. The van der Waals surface area contributed by atoms with Gasteiger partial charge in [0.05, 0.1) is 12.1 Å². The Hall–Kier alpha value is -2.93. The second kappa shape index (κ2) is 14.3. The number of carbonyl (C=O) groups is 4. The number of rotatable bonds is 14. The van der Waals surface area contributed by atoms with Gasteiger partial charge in [-0.25, -0.2) is 4.79 Å². The van der Waals surface area contributed by atoms with Crippen molar-refractivity contribution in [1.29, 1.82) is 0 Å². The fraction of sp³-hybridized carbons (Fsp3) is 0.750. The van der Waals surface area contributed by atoms with Crippen LogP contribution in [0.4, 0.5) is 0 Å². The Bertz CT molecular complexity index is 707. The van der Waals surface area contributed by atoms with E-state index >= 15 is 0 Å². The maximum Gasteiger partial charge on any atom is 0.326 e. The Labute approximate surface area is 193 Å². The summed E-state index contributed by atoms with van der Waals surface area (Å²) in [6.45, 7) is 8.19. The van der Waals surface area contributed by atoms with Crippen LogP contribution < -0.4 is 33.2 Å². The minimum absolute atomic E-state index is 0.0742. The van der Waals surface area contributed by atoms with E-state index in [0.29, 0.717) is 6.42 Å². The summed E-state index contributed by atoms with van der Waals surface area (Å²) in [6.07, 6.45) is -0.925. The summed E-state index contributed by atoms with van der Waals surface area (Å²) in [6, 6.07) is -4.62. The van der Waals surface area contributed by atoms with Gasteiger partial charge in [-0.1, -0.05) is 27.7 Å². The van der Waals surface area contributed by atoms with Gasteiger partial charge in [0.25, 0.3) is 0 Å². The molecule has 5 unspecified atom stereocenters. The fourth-order valence-corrected chi connectivity index (χ4v) is 2.76. The number of carbonyl (C=O) groups excluding carboxylic acids is 3. The molecule has 3 amide bonds. The van der Waals surface area contributed by atoms with E-state index in [1.54, 1.807) is 27.7 Å². The normalized spacial score (nSPS) is 15.7. The van der Waals surface area contributed by atoms with Gasteiger partial charge in [-0.3, -0.25) is 19.4 Å². The molecule has 0 aliphatic heterocycles. The summed E-state index contributed by atoms with van der Waals surface area (Å²) >= 11 is 0. The van der Waals surface area contributed by atoms with Crippen molar-refractivity contribution in [1.82, 2.24) is 16.0 Å². The first kappa shape index (κ1) is 30.1. The summed E-state index contributed by atoms with van der Waals surface area (Å²) in [5.41, 5.74) is 16.4. The van der Waals surface area contributed by atoms with Crippen molar-refractivity contribution in [2.75, 3.05) is 6.54 Å². The summed E-state index contributed by atoms with van der Waals surface area (Å²) in [5, 5.41) is 26.6. The lowest BCUT2D eigenvalue weighted by atomic mass is 10.0. The van der Waals surface area contributed by atoms with E-state index in [1.807, 2.05) is 0 Å². The molecule has 0 bridgehead atoms. The number of guanidine groups is 1. The second-order valence-corrected chi connectivity index (χ2v) is 8.58. The predicted octanol–water partition coefficient (Wildman–Crippen LogP) is -2.40. The third-order valence-electron chi connectivity index (χ3n) is 4.89. The van der Waals surface area contributed by atoms with E-state index in [4.69, 9.17) is 17.2 Å². The molecular weight excluding hydrogens is 434 g/mol. The van der Waals surface area contributed by atoms with E-state index in [0.717, 1.165) is 0 Å². The number of nitrogens with zero attached hydrogens (tertiary/aromatic N) is 1. The molecule has 0 aromatic carbocycles. The first-order valence-electron chi connectivity index (χ1n) is 10.8. The highest BCUT2D eigenvalue weighted by atomic mass is 16.4. The largest absolute Gasteiger partial charge is 0.480 e. The van der Waals surface area contributed by atoms with Crippen LogP contribution in [0.2, 0.25) is 0 Å². The van der Waals surface area contributed by atoms with Crippen molar-refractivity contribution in [3.8, 4) is 0 Å². The molecule has 0 aliphatic carbocycles. The van der Waals surface area contributed by atoms with Crippen molar-refractivity contribution >= 4 is 29.7 Å². The molecule has 0 radical (unpaired) electrons. The number of aliphatic carboxylic acids is 1. The molecule has 13 nitrogen and oxygen atoms in total. The molecule has 0 heterocycles. The third-order valence-corrected chi connectivity index (χ3v) is 4.89. The standard InChI is InChI=1S/C20H39N7O6/c1-9(2)13(21)17(30)27-15(11(5)28)18(31)25-12(7-6-8-24-20(22)23)16(29)26-14(10(3)4)19(32)33/h9-15,28H,6-8,21H2,1-5H3,(H,25,31)(H,26,29)(H,27,30)(H,32,33)(H4,22,23,24). The molecule has 0 spiro atoms. The molecule has 11 N–H and O–H groups in total. The molecule has 0 fully saturated rings. The van der Waals surface area contributed by atoms with E-state index < -0.39 is 59.9 Å². The number of hydrogen-bond acceptors (Lipinski definition) is 7. The van der Waals surface area contributed by atoms with Crippen molar-refractivity contribution in [2.24, 2.45) is 34.0 Å². The van der Waals surface area contributed by atoms with Crippen LogP contribution in [-0.4, -0.2) is 76.7 Å². The number of nitrogens with one attached hydrogen (secondary N) is 3. The Morgan fingerprint density at radius 1 is 0.848 bits per heavy atom. The molecule has 0 saturated heterocycles. The Morgan fingerprint density at radius 2 is 1.39 bits per heavy atom. The lowest BCUT2D eigenvalue weighted by Crippen LogP contribution is -2.60. The van der Waals surface area contributed by atoms with Gasteiger partial charge in [0.2, 0.25) is 17.7 Å². The Balaban J connectivity index is 5.55. The lowest BCUT2D eigenvalue weighted by Gasteiger charge is -2.27. The number of carboxylic acids is 1.